The lowest BCUT2D eigenvalue weighted by Crippen LogP contribution is -2.18. The van der Waals surface area contributed by atoms with Gasteiger partial charge in [0.05, 0.1) is 12.6 Å². The number of phenols is 1. The summed E-state index contributed by atoms with van der Waals surface area (Å²) in [6.07, 6.45) is 5.28. The number of rotatable bonds is 4. The monoisotopic (exact) mass is 337 g/mol. The molecule has 2 N–H and O–H groups in total. The molecule has 0 spiro atoms. The first kappa shape index (κ1) is 17.7. The summed E-state index contributed by atoms with van der Waals surface area (Å²) in [4.78, 5) is 4.55. The smallest absolute Gasteiger partial charge is 0.127 e. The van der Waals surface area contributed by atoms with E-state index in [2.05, 4.69) is 35.3 Å². The summed E-state index contributed by atoms with van der Waals surface area (Å²) < 4.78 is 0. The maximum atomic E-state index is 10.8. The summed E-state index contributed by atoms with van der Waals surface area (Å²) in [5.74, 6) is 0.607. The summed E-state index contributed by atoms with van der Waals surface area (Å²) in [6, 6.07) is 12.8. The highest BCUT2D eigenvalue weighted by Crippen LogP contribution is 2.28. The van der Waals surface area contributed by atoms with Crippen LogP contribution in [0.1, 0.15) is 41.7 Å². The number of aromatic hydroxyl groups is 1. The van der Waals surface area contributed by atoms with Crippen LogP contribution in [0.5, 0.6) is 5.75 Å². The summed E-state index contributed by atoms with van der Waals surface area (Å²) in [5.41, 5.74) is 5.48. The van der Waals surface area contributed by atoms with Crippen molar-refractivity contribution >= 4 is 6.21 Å². The third-order valence-electron chi connectivity index (χ3n) is 5.13. The van der Waals surface area contributed by atoms with Crippen molar-refractivity contribution in [2.24, 2.45) is 10.9 Å². The Hall–Kier alpha value is -2.13. The average molecular weight is 337 g/mol. The van der Waals surface area contributed by atoms with Gasteiger partial charge in [-0.05, 0) is 53.9 Å². The molecule has 1 atom stereocenters. The van der Waals surface area contributed by atoms with Crippen LogP contribution in [0, 0.1) is 5.92 Å². The lowest BCUT2D eigenvalue weighted by Gasteiger charge is -2.16. The van der Waals surface area contributed by atoms with Gasteiger partial charge in [0.15, 0.2) is 0 Å². The van der Waals surface area contributed by atoms with E-state index >= 15 is 0 Å². The number of aryl methyl sites for hydroxylation is 4. The van der Waals surface area contributed by atoms with Gasteiger partial charge in [0.25, 0.3) is 0 Å². The number of phenolic OH excluding ortho intramolecular Hbond substituents is 1. The van der Waals surface area contributed by atoms with E-state index in [0.717, 1.165) is 42.4 Å². The Labute approximate surface area is 150 Å². The van der Waals surface area contributed by atoms with E-state index in [0.29, 0.717) is 5.75 Å². The van der Waals surface area contributed by atoms with E-state index in [1.54, 1.807) is 6.21 Å². The predicted molar refractivity (Wildman–Crippen MR) is 103 cm³/mol. The highest BCUT2D eigenvalue weighted by Gasteiger charge is 2.15. The van der Waals surface area contributed by atoms with Crippen LogP contribution in [0.3, 0.4) is 0 Å². The number of aliphatic imine (C=N–C) groups is 1. The van der Waals surface area contributed by atoms with E-state index < -0.39 is 0 Å². The molecule has 0 aliphatic heterocycles. The standard InChI is InChI=1S/C22H27NO2/c1-15(2)21(14-24)23-13-20-18-9-7-16-3-5-17(6-4-16)8-10-19(12-11-18)22(20)25/h3-6,11-13,15,21,24-25H,7-10,14H2,1-2H3/t21-/m0/s1. The minimum atomic E-state index is -0.137. The number of hydrogen-bond donors (Lipinski definition) is 2. The quantitative estimate of drug-likeness (QED) is 0.836. The van der Waals surface area contributed by atoms with Crippen LogP contribution in [-0.2, 0) is 25.7 Å². The second-order valence-electron chi connectivity index (χ2n) is 7.23. The Bertz CT molecular complexity index is 747. The molecule has 0 amide bonds. The number of benzene rings is 2. The van der Waals surface area contributed by atoms with Crippen molar-refractivity contribution < 1.29 is 10.2 Å². The SMILES string of the molecule is CC(C)[C@H](CO)N=Cc1c2ccc(c1O)CCc1ccc(cc1)CC2. The number of aliphatic hydroxyl groups is 1. The zero-order valence-electron chi connectivity index (χ0n) is 15.1. The zero-order valence-corrected chi connectivity index (χ0v) is 15.1. The molecule has 2 aromatic rings. The number of hydrogen-bond acceptors (Lipinski definition) is 3. The molecule has 4 bridgehead atoms. The normalized spacial score (nSPS) is 15.5. The molecule has 6 rings (SSSR count). The minimum absolute atomic E-state index is 0.0236. The maximum absolute atomic E-state index is 10.8. The van der Waals surface area contributed by atoms with Gasteiger partial charge in [-0.15, -0.1) is 0 Å². The number of aliphatic hydroxyl groups excluding tert-OH is 1. The Morgan fingerprint density at radius 1 is 0.920 bits per heavy atom. The first-order chi connectivity index (χ1) is 12.1. The molecule has 0 saturated heterocycles. The molecule has 0 heterocycles. The lowest BCUT2D eigenvalue weighted by molar-refractivity contribution is 0.240. The van der Waals surface area contributed by atoms with Gasteiger partial charge in [-0.3, -0.25) is 4.99 Å². The molecule has 0 saturated carbocycles. The van der Waals surface area contributed by atoms with Gasteiger partial charge in [0, 0.05) is 11.8 Å². The summed E-state index contributed by atoms with van der Waals surface area (Å²) in [7, 11) is 0. The molecule has 3 heteroatoms. The van der Waals surface area contributed by atoms with Gasteiger partial charge in [-0.25, -0.2) is 0 Å². The Kier molecular flexibility index (Phi) is 5.54. The van der Waals surface area contributed by atoms with Crippen molar-refractivity contribution in [2.75, 3.05) is 6.61 Å². The van der Waals surface area contributed by atoms with Crippen molar-refractivity contribution in [3.8, 4) is 5.75 Å². The molecular formula is C22H27NO2. The molecule has 4 aliphatic rings. The molecule has 3 nitrogen and oxygen atoms in total. The van der Waals surface area contributed by atoms with Crippen LogP contribution < -0.4 is 0 Å². The van der Waals surface area contributed by atoms with Gasteiger partial charge < -0.3 is 10.2 Å². The van der Waals surface area contributed by atoms with Crippen molar-refractivity contribution in [2.45, 2.75) is 45.6 Å². The van der Waals surface area contributed by atoms with E-state index in [1.807, 2.05) is 19.9 Å². The maximum Gasteiger partial charge on any atom is 0.127 e. The zero-order chi connectivity index (χ0) is 17.8. The molecule has 0 radical (unpaired) electrons. The van der Waals surface area contributed by atoms with E-state index in [-0.39, 0.29) is 18.6 Å². The summed E-state index contributed by atoms with van der Waals surface area (Å²) in [5, 5.41) is 20.3. The van der Waals surface area contributed by atoms with Crippen molar-refractivity contribution in [1.29, 1.82) is 0 Å². The molecule has 0 fully saturated rings. The largest absolute Gasteiger partial charge is 0.507 e. The first-order valence-corrected chi connectivity index (χ1v) is 9.14. The van der Waals surface area contributed by atoms with Gasteiger partial charge in [0.1, 0.15) is 5.75 Å². The van der Waals surface area contributed by atoms with Crippen molar-refractivity contribution in [3.05, 3.63) is 64.2 Å². The van der Waals surface area contributed by atoms with Crippen molar-refractivity contribution in [3.63, 3.8) is 0 Å². The highest BCUT2D eigenvalue weighted by atomic mass is 16.3. The summed E-state index contributed by atoms with van der Waals surface area (Å²) in [6.45, 7) is 4.12. The predicted octanol–water partition coefficient (Wildman–Crippen LogP) is 3.71. The Morgan fingerprint density at radius 2 is 1.48 bits per heavy atom. The molecule has 0 aromatic heterocycles. The van der Waals surface area contributed by atoms with Crippen LogP contribution in [0.15, 0.2) is 41.4 Å². The third-order valence-corrected chi connectivity index (χ3v) is 5.13. The van der Waals surface area contributed by atoms with Crippen LogP contribution in [0.4, 0.5) is 0 Å². The molecular weight excluding hydrogens is 310 g/mol. The van der Waals surface area contributed by atoms with Crippen LogP contribution in [0.25, 0.3) is 0 Å². The molecule has 4 aliphatic carbocycles. The van der Waals surface area contributed by atoms with E-state index in [4.69, 9.17) is 0 Å². The third kappa shape index (κ3) is 4.10. The van der Waals surface area contributed by atoms with Crippen LogP contribution in [-0.4, -0.2) is 29.1 Å². The van der Waals surface area contributed by atoms with E-state index in [1.165, 1.54) is 11.1 Å². The fourth-order valence-corrected chi connectivity index (χ4v) is 3.29. The molecule has 25 heavy (non-hydrogen) atoms. The fraction of sp³-hybridized carbons (Fsp3) is 0.409. The van der Waals surface area contributed by atoms with Crippen LogP contribution in [0.2, 0.25) is 0 Å². The van der Waals surface area contributed by atoms with E-state index in [9.17, 15) is 10.2 Å². The summed E-state index contributed by atoms with van der Waals surface area (Å²) >= 11 is 0. The highest BCUT2D eigenvalue weighted by molar-refractivity contribution is 5.86. The molecule has 2 aromatic carbocycles. The minimum Gasteiger partial charge on any atom is -0.507 e. The molecule has 132 valence electrons. The number of nitrogens with zero attached hydrogens (tertiary/aromatic N) is 1. The molecule has 0 unspecified atom stereocenters. The van der Waals surface area contributed by atoms with Gasteiger partial charge >= 0.3 is 0 Å². The fourth-order valence-electron chi connectivity index (χ4n) is 3.29. The van der Waals surface area contributed by atoms with Crippen LogP contribution >= 0.6 is 0 Å². The van der Waals surface area contributed by atoms with Gasteiger partial charge in [-0.2, -0.15) is 0 Å². The Balaban J connectivity index is 1.97. The van der Waals surface area contributed by atoms with Gasteiger partial charge in [0.2, 0.25) is 0 Å². The lowest BCUT2D eigenvalue weighted by atomic mass is 9.92. The average Bonchev–Trinajstić information content (AvgIpc) is 2.60. The van der Waals surface area contributed by atoms with Gasteiger partial charge in [-0.1, -0.05) is 50.2 Å². The first-order valence-electron chi connectivity index (χ1n) is 9.14. The Morgan fingerprint density at radius 3 is 2.04 bits per heavy atom. The second-order valence-corrected chi connectivity index (χ2v) is 7.23. The van der Waals surface area contributed by atoms with Crippen molar-refractivity contribution in [1.82, 2.24) is 0 Å². The topological polar surface area (TPSA) is 52.8 Å². The second kappa shape index (κ2) is 7.83.